The van der Waals surface area contributed by atoms with Crippen LogP contribution in [0.1, 0.15) is 110 Å². The standard InChI is InChI=1S/C40H55N7O6/c1-9-26-20-40(26,32(48)36(52)43-23(2)24-14-11-10-12-15-24)46-34(50)29-27-17-13-16-25(27)22-47(29)37(53)31(39(6,7)8)45-35(51)30(38(3,4)5)44-33(49)28-21-41-18-19-42-28/h10-12,14-15,18-19,21,23,25-27,29-31H,9,13,16-17,20,22H2,1-8H3,(H,43,52)(H,44,49)(H,45,51)(H,46,50)/t23-,25-,26+,27-,29-,30+,31+,40?/m0/s1. The number of aromatic nitrogens is 2. The van der Waals surface area contributed by atoms with Crippen molar-refractivity contribution in [2.75, 3.05) is 6.54 Å². The maximum Gasteiger partial charge on any atom is 0.290 e. The first kappa shape index (κ1) is 39.5. The van der Waals surface area contributed by atoms with Crippen molar-refractivity contribution in [1.82, 2.24) is 36.1 Å². The molecule has 3 fully saturated rings. The molecule has 0 spiro atoms. The fourth-order valence-electron chi connectivity index (χ4n) is 8.10. The summed E-state index contributed by atoms with van der Waals surface area (Å²) in [6, 6.07) is 5.96. The predicted octanol–water partition coefficient (Wildman–Crippen LogP) is 3.51. The van der Waals surface area contributed by atoms with Crippen molar-refractivity contribution in [1.29, 1.82) is 0 Å². The van der Waals surface area contributed by atoms with E-state index >= 15 is 0 Å². The first-order valence-corrected chi connectivity index (χ1v) is 18.8. The minimum absolute atomic E-state index is 0.0517. The normalized spacial score (nSPS) is 25.3. The Bertz CT molecular complexity index is 1710. The molecule has 1 aromatic heterocycles. The van der Waals surface area contributed by atoms with Crippen LogP contribution in [0.25, 0.3) is 0 Å². The summed E-state index contributed by atoms with van der Waals surface area (Å²) < 4.78 is 0. The van der Waals surface area contributed by atoms with E-state index in [0.717, 1.165) is 24.8 Å². The molecule has 286 valence electrons. The first-order valence-electron chi connectivity index (χ1n) is 18.8. The van der Waals surface area contributed by atoms with E-state index in [2.05, 4.69) is 31.2 Å². The van der Waals surface area contributed by atoms with Crippen molar-refractivity contribution in [3.8, 4) is 0 Å². The van der Waals surface area contributed by atoms with Gasteiger partial charge in [-0.3, -0.25) is 33.8 Å². The van der Waals surface area contributed by atoms with Gasteiger partial charge in [0.2, 0.25) is 23.5 Å². The smallest absolute Gasteiger partial charge is 0.290 e. The van der Waals surface area contributed by atoms with Gasteiger partial charge in [0.25, 0.3) is 11.8 Å². The molecule has 1 saturated heterocycles. The molecule has 53 heavy (non-hydrogen) atoms. The molecule has 4 N–H and O–H groups in total. The minimum Gasteiger partial charge on any atom is -0.343 e. The van der Waals surface area contributed by atoms with Gasteiger partial charge < -0.3 is 26.2 Å². The van der Waals surface area contributed by atoms with Crippen LogP contribution in [-0.4, -0.2) is 80.4 Å². The second-order valence-electron chi connectivity index (χ2n) is 17.2. The summed E-state index contributed by atoms with van der Waals surface area (Å²) in [5.74, 6) is -3.68. The van der Waals surface area contributed by atoms with Crippen LogP contribution in [0.2, 0.25) is 0 Å². The molecule has 0 radical (unpaired) electrons. The highest BCUT2D eigenvalue weighted by molar-refractivity contribution is 6.41. The lowest BCUT2D eigenvalue weighted by Crippen LogP contribution is -2.63. The Labute approximate surface area is 312 Å². The maximum absolute atomic E-state index is 14.7. The molecule has 2 heterocycles. The molecule has 2 aliphatic carbocycles. The fraction of sp³-hybridized carbons (Fsp3) is 0.600. The number of ketones is 1. The van der Waals surface area contributed by atoms with E-state index in [9.17, 15) is 28.8 Å². The maximum atomic E-state index is 14.7. The molecule has 1 aliphatic heterocycles. The molecule has 0 bridgehead atoms. The Morgan fingerprint density at radius 2 is 1.58 bits per heavy atom. The van der Waals surface area contributed by atoms with Crippen molar-refractivity contribution in [3.05, 3.63) is 60.2 Å². The van der Waals surface area contributed by atoms with Crippen molar-refractivity contribution in [2.45, 2.75) is 117 Å². The van der Waals surface area contributed by atoms with Gasteiger partial charge in [0.15, 0.2) is 0 Å². The zero-order valence-corrected chi connectivity index (χ0v) is 32.2. The van der Waals surface area contributed by atoms with Crippen LogP contribution in [-0.2, 0) is 24.0 Å². The average Bonchev–Trinajstić information content (AvgIpc) is 3.42. The van der Waals surface area contributed by atoms with Crippen LogP contribution < -0.4 is 21.3 Å². The third-order valence-corrected chi connectivity index (χ3v) is 11.2. The number of likely N-dealkylation sites (tertiary alicyclic amines) is 1. The molecule has 3 aliphatic rings. The topological polar surface area (TPSA) is 180 Å². The quantitative estimate of drug-likeness (QED) is 0.240. The number of carbonyl (C=O) groups excluding carboxylic acids is 6. The predicted molar refractivity (Wildman–Crippen MR) is 198 cm³/mol. The van der Waals surface area contributed by atoms with E-state index in [-0.39, 0.29) is 23.4 Å². The summed E-state index contributed by atoms with van der Waals surface area (Å²) in [4.78, 5) is 93.0. The Hall–Kier alpha value is -4.68. The zero-order chi connectivity index (χ0) is 38.9. The first-order chi connectivity index (χ1) is 24.9. The molecule has 5 rings (SSSR count). The van der Waals surface area contributed by atoms with Gasteiger partial charge in [-0.05, 0) is 60.3 Å². The summed E-state index contributed by atoms with van der Waals surface area (Å²) >= 11 is 0. The molecule has 13 nitrogen and oxygen atoms in total. The van der Waals surface area contributed by atoms with E-state index in [0.29, 0.717) is 19.4 Å². The molecule has 1 unspecified atom stereocenters. The second-order valence-corrected chi connectivity index (χ2v) is 17.2. The largest absolute Gasteiger partial charge is 0.343 e. The van der Waals surface area contributed by atoms with E-state index in [4.69, 9.17) is 0 Å². The SMILES string of the molecule is CC[C@@H]1CC1(NC(=O)[C@@H]1[C@H]2CCC[C@H]2CN1C(=O)[C@@H](NC(=O)[C@@H](NC(=O)c1cnccn1)C(C)(C)C)C(C)(C)C)C(=O)C(=O)N[C@@H](C)c1ccccc1. The number of fused-ring (bicyclic) bond motifs is 1. The van der Waals surface area contributed by atoms with Crippen LogP contribution in [0.5, 0.6) is 0 Å². The number of nitrogens with zero attached hydrogens (tertiary/aromatic N) is 3. The number of nitrogens with one attached hydrogen (secondary N) is 4. The Morgan fingerprint density at radius 3 is 2.17 bits per heavy atom. The van der Waals surface area contributed by atoms with Crippen LogP contribution in [0, 0.1) is 28.6 Å². The summed E-state index contributed by atoms with van der Waals surface area (Å²) in [7, 11) is 0. The molecular formula is C40H55N7O6. The molecule has 5 amide bonds. The van der Waals surface area contributed by atoms with Gasteiger partial charge in [0.1, 0.15) is 29.4 Å². The lowest BCUT2D eigenvalue weighted by molar-refractivity contribution is -0.146. The fourth-order valence-corrected chi connectivity index (χ4v) is 8.10. The highest BCUT2D eigenvalue weighted by Crippen LogP contribution is 2.48. The lowest BCUT2D eigenvalue weighted by Gasteiger charge is -2.38. The Morgan fingerprint density at radius 1 is 0.906 bits per heavy atom. The number of hydrogen-bond acceptors (Lipinski definition) is 8. The summed E-state index contributed by atoms with van der Waals surface area (Å²) in [6.07, 6.45) is 7.58. The molecule has 8 atom stereocenters. The Kier molecular flexibility index (Phi) is 11.4. The van der Waals surface area contributed by atoms with Gasteiger partial charge in [-0.2, -0.15) is 0 Å². The van der Waals surface area contributed by atoms with Crippen LogP contribution in [0.3, 0.4) is 0 Å². The van der Waals surface area contributed by atoms with E-state index in [1.54, 1.807) is 11.8 Å². The van der Waals surface area contributed by atoms with Gasteiger partial charge in [0, 0.05) is 18.9 Å². The number of Topliss-reactive ketones (excluding diaryl/α,β-unsaturated/α-hetero) is 1. The van der Waals surface area contributed by atoms with Gasteiger partial charge in [-0.15, -0.1) is 0 Å². The van der Waals surface area contributed by atoms with Crippen molar-refractivity contribution >= 4 is 35.3 Å². The number of carbonyl (C=O) groups is 6. The lowest BCUT2D eigenvalue weighted by atomic mass is 9.82. The highest BCUT2D eigenvalue weighted by atomic mass is 16.2. The van der Waals surface area contributed by atoms with Gasteiger partial charge >= 0.3 is 0 Å². The van der Waals surface area contributed by atoms with Gasteiger partial charge in [-0.25, -0.2) is 4.98 Å². The highest BCUT2D eigenvalue weighted by Gasteiger charge is 2.63. The molecule has 13 heteroatoms. The van der Waals surface area contributed by atoms with Crippen LogP contribution in [0.4, 0.5) is 0 Å². The van der Waals surface area contributed by atoms with E-state index in [1.807, 2.05) is 78.8 Å². The monoisotopic (exact) mass is 729 g/mol. The summed E-state index contributed by atoms with van der Waals surface area (Å²) in [5.41, 5.74) is -1.97. The molecular weight excluding hydrogens is 674 g/mol. The minimum atomic E-state index is -1.35. The van der Waals surface area contributed by atoms with Crippen LogP contribution in [0.15, 0.2) is 48.9 Å². The van der Waals surface area contributed by atoms with Crippen LogP contribution >= 0.6 is 0 Å². The second kappa shape index (κ2) is 15.4. The zero-order valence-electron chi connectivity index (χ0n) is 32.2. The summed E-state index contributed by atoms with van der Waals surface area (Å²) in [6.45, 7) is 15.0. The molecule has 1 aromatic carbocycles. The third-order valence-electron chi connectivity index (χ3n) is 11.2. The van der Waals surface area contributed by atoms with Gasteiger partial charge in [0.05, 0.1) is 12.2 Å². The number of hydrogen-bond donors (Lipinski definition) is 4. The third kappa shape index (κ3) is 8.44. The molecule has 2 aromatic rings. The number of amides is 5. The van der Waals surface area contributed by atoms with Crippen molar-refractivity contribution in [2.24, 2.45) is 28.6 Å². The number of benzene rings is 1. The van der Waals surface area contributed by atoms with E-state index < -0.39 is 75.9 Å². The van der Waals surface area contributed by atoms with E-state index in [1.165, 1.54) is 18.6 Å². The van der Waals surface area contributed by atoms with Crippen molar-refractivity contribution < 1.29 is 28.8 Å². The average molecular weight is 730 g/mol. The van der Waals surface area contributed by atoms with Gasteiger partial charge in [-0.1, -0.05) is 91.6 Å². The Balaban J connectivity index is 1.36. The summed E-state index contributed by atoms with van der Waals surface area (Å²) in [5, 5.41) is 11.5. The molecule has 2 saturated carbocycles. The van der Waals surface area contributed by atoms with Crippen molar-refractivity contribution in [3.63, 3.8) is 0 Å². The number of rotatable bonds is 12.